The molecular formula is C13H17Cl2IN2O. The lowest BCUT2D eigenvalue weighted by molar-refractivity contribution is 0.0743. The zero-order chi connectivity index (χ0) is 13.3. The second-order valence-electron chi connectivity index (χ2n) is 4.77. The van der Waals surface area contributed by atoms with Crippen LogP contribution in [-0.2, 0) is 0 Å². The molecule has 2 rings (SSSR count). The van der Waals surface area contributed by atoms with E-state index in [4.69, 9.17) is 17.3 Å². The zero-order valence-electron chi connectivity index (χ0n) is 10.6. The van der Waals surface area contributed by atoms with Gasteiger partial charge in [-0.2, -0.15) is 0 Å². The maximum absolute atomic E-state index is 12.4. The molecule has 0 bridgehead atoms. The molecule has 0 radical (unpaired) electrons. The van der Waals surface area contributed by atoms with Gasteiger partial charge in [0.05, 0.1) is 5.02 Å². The lowest BCUT2D eigenvalue weighted by Crippen LogP contribution is -2.34. The lowest BCUT2D eigenvalue weighted by Gasteiger charge is -2.21. The summed E-state index contributed by atoms with van der Waals surface area (Å²) in [5, 5.41) is 0.628. The van der Waals surface area contributed by atoms with Gasteiger partial charge in [-0.3, -0.25) is 4.79 Å². The van der Waals surface area contributed by atoms with Crippen LogP contribution in [-0.4, -0.2) is 29.9 Å². The molecule has 1 heterocycles. The van der Waals surface area contributed by atoms with Gasteiger partial charge in [0, 0.05) is 21.7 Å². The highest BCUT2D eigenvalue weighted by Crippen LogP contribution is 2.26. The maximum Gasteiger partial charge on any atom is 0.254 e. The van der Waals surface area contributed by atoms with E-state index in [0.717, 1.165) is 16.5 Å². The van der Waals surface area contributed by atoms with Crippen LogP contribution < -0.4 is 5.73 Å². The summed E-state index contributed by atoms with van der Waals surface area (Å²) in [6, 6.07) is 5.70. The van der Waals surface area contributed by atoms with E-state index in [1.807, 2.05) is 17.0 Å². The van der Waals surface area contributed by atoms with Crippen LogP contribution in [0.2, 0.25) is 5.02 Å². The lowest BCUT2D eigenvalue weighted by atomic mass is 10.1. The van der Waals surface area contributed by atoms with Crippen LogP contribution in [0.25, 0.3) is 0 Å². The van der Waals surface area contributed by atoms with E-state index in [0.29, 0.717) is 23.0 Å². The summed E-state index contributed by atoms with van der Waals surface area (Å²) >= 11 is 8.21. The predicted octanol–water partition coefficient (Wildman–Crippen LogP) is 3.18. The molecule has 1 amide bonds. The van der Waals surface area contributed by atoms with Gasteiger partial charge in [-0.15, -0.1) is 12.4 Å². The number of carbonyl (C=O) groups excluding carboxylic acids is 1. The molecule has 0 aliphatic carbocycles. The van der Waals surface area contributed by atoms with Gasteiger partial charge in [0.15, 0.2) is 0 Å². The van der Waals surface area contributed by atoms with Crippen LogP contribution >= 0.6 is 46.6 Å². The second-order valence-corrected chi connectivity index (χ2v) is 6.34. The number of amides is 1. The quantitative estimate of drug-likeness (QED) is 0.755. The van der Waals surface area contributed by atoms with Gasteiger partial charge in [-0.25, -0.2) is 0 Å². The zero-order valence-corrected chi connectivity index (χ0v) is 14.3. The number of hydrogen-bond acceptors (Lipinski definition) is 2. The normalized spacial score (nSPS) is 22.2. The van der Waals surface area contributed by atoms with Gasteiger partial charge in [-0.1, -0.05) is 11.6 Å². The van der Waals surface area contributed by atoms with Crippen molar-refractivity contribution in [1.29, 1.82) is 0 Å². The summed E-state index contributed by atoms with van der Waals surface area (Å²) in [6.07, 6.45) is 0.986. The van der Waals surface area contributed by atoms with Crippen LogP contribution in [0.5, 0.6) is 0 Å². The van der Waals surface area contributed by atoms with E-state index in [9.17, 15) is 4.79 Å². The molecule has 1 aliphatic rings. The van der Waals surface area contributed by atoms with Crippen LogP contribution in [0.3, 0.4) is 0 Å². The third kappa shape index (κ3) is 3.74. The van der Waals surface area contributed by atoms with Crippen molar-refractivity contribution in [1.82, 2.24) is 4.90 Å². The first-order valence-electron chi connectivity index (χ1n) is 5.99. The van der Waals surface area contributed by atoms with Gasteiger partial charge in [-0.05, 0) is 66.6 Å². The Kier molecular flexibility index (Phi) is 6.36. The number of likely N-dealkylation sites (tertiary alicyclic amines) is 1. The molecule has 3 nitrogen and oxygen atoms in total. The van der Waals surface area contributed by atoms with Crippen molar-refractivity contribution in [2.24, 2.45) is 11.7 Å². The van der Waals surface area contributed by atoms with Gasteiger partial charge >= 0.3 is 0 Å². The fourth-order valence-corrected chi connectivity index (χ4v) is 2.91. The van der Waals surface area contributed by atoms with Crippen molar-refractivity contribution < 1.29 is 4.79 Å². The molecule has 0 aromatic heterocycles. The van der Waals surface area contributed by atoms with Crippen molar-refractivity contribution in [3.8, 4) is 0 Å². The van der Waals surface area contributed by atoms with E-state index in [1.54, 1.807) is 6.07 Å². The minimum Gasteiger partial charge on any atom is -0.336 e. The Morgan fingerprint density at radius 3 is 2.79 bits per heavy atom. The molecule has 0 spiro atoms. The Balaban J connectivity index is 0.00000180. The molecule has 1 aliphatic heterocycles. The van der Waals surface area contributed by atoms with Gasteiger partial charge in [0.25, 0.3) is 5.91 Å². The molecule has 0 saturated carbocycles. The van der Waals surface area contributed by atoms with E-state index < -0.39 is 0 Å². The molecule has 6 heteroatoms. The monoisotopic (exact) mass is 414 g/mol. The molecule has 106 valence electrons. The molecule has 1 fully saturated rings. The average molecular weight is 415 g/mol. The second kappa shape index (κ2) is 7.11. The highest BCUT2D eigenvalue weighted by atomic mass is 127. The number of nitrogens with two attached hydrogens (primary N) is 1. The number of hydrogen-bond donors (Lipinski definition) is 1. The van der Waals surface area contributed by atoms with Crippen molar-refractivity contribution in [2.75, 3.05) is 13.1 Å². The minimum atomic E-state index is 0. The van der Waals surface area contributed by atoms with E-state index >= 15 is 0 Å². The SMILES string of the molecule is CC1CC(CN)CN1C(=O)c1ccc(I)c(Cl)c1.Cl. The van der Waals surface area contributed by atoms with Gasteiger partial charge < -0.3 is 10.6 Å². The van der Waals surface area contributed by atoms with Gasteiger partial charge in [0.2, 0.25) is 0 Å². The molecule has 2 unspecified atom stereocenters. The Bertz CT molecular complexity index is 470. The van der Waals surface area contributed by atoms with Crippen LogP contribution in [0.1, 0.15) is 23.7 Å². The first-order valence-corrected chi connectivity index (χ1v) is 7.44. The number of halogens is 3. The average Bonchev–Trinajstić information content (AvgIpc) is 2.73. The van der Waals surface area contributed by atoms with Gasteiger partial charge in [0.1, 0.15) is 0 Å². The Hall–Kier alpha value is -0.0400. The number of nitrogens with zero attached hydrogens (tertiary/aromatic N) is 1. The third-order valence-corrected chi connectivity index (χ3v) is 4.99. The summed E-state index contributed by atoms with van der Waals surface area (Å²) < 4.78 is 0.958. The third-order valence-electron chi connectivity index (χ3n) is 3.42. The summed E-state index contributed by atoms with van der Waals surface area (Å²) in [5.41, 5.74) is 6.34. The number of rotatable bonds is 2. The Morgan fingerprint density at radius 2 is 2.26 bits per heavy atom. The summed E-state index contributed by atoms with van der Waals surface area (Å²) in [6.45, 7) is 3.46. The molecule has 2 N–H and O–H groups in total. The first kappa shape index (κ1) is 17.0. The Labute approximate surface area is 138 Å². The number of carbonyl (C=O) groups is 1. The smallest absolute Gasteiger partial charge is 0.254 e. The standard InChI is InChI=1S/C13H16ClIN2O.ClH/c1-8-4-9(6-16)7-17(8)13(18)10-2-3-12(15)11(14)5-10;/h2-3,5,8-9H,4,6-7,16H2,1H3;1H. The highest BCUT2D eigenvalue weighted by molar-refractivity contribution is 14.1. The van der Waals surface area contributed by atoms with Crippen LogP contribution in [0, 0.1) is 9.49 Å². The van der Waals surface area contributed by atoms with E-state index in [2.05, 4.69) is 29.5 Å². The number of benzene rings is 1. The topological polar surface area (TPSA) is 46.3 Å². The molecule has 19 heavy (non-hydrogen) atoms. The highest BCUT2D eigenvalue weighted by Gasteiger charge is 2.32. The summed E-state index contributed by atoms with van der Waals surface area (Å²) in [4.78, 5) is 14.3. The molecular weight excluding hydrogens is 398 g/mol. The fraction of sp³-hybridized carbons (Fsp3) is 0.462. The molecule has 1 saturated heterocycles. The predicted molar refractivity (Wildman–Crippen MR) is 89.1 cm³/mol. The van der Waals surface area contributed by atoms with Crippen molar-refractivity contribution in [3.05, 3.63) is 32.4 Å². The molecule has 1 aromatic rings. The Morgan fingerprint density at radius 1 is 1.58 bits per heavy atom. The molecule has 2 atom stereocenters. The van der Waals surface area contributed by atoms with Crippen molar-refractivity contribution in [2.45, 2.75) is 19.4 Å². The fourth-order valence-electron chi connectivity index (χ4n) is 2.39. The molecule has 1 aromatic carbocycles. The summed E-state index contributed by atoms with van der Waals surface area (Å²) in [5.74, 6) is 0.472. The largest absolute Gasteiger partial charge is 0.336 e. The minimum absolute atomic E-state index is 0. The van der Waals surface area contributed by atoms with Crippen LogP contribution in [0.15, 0.2) is 18.2 Å². The van der Waals surface area contributed by atoms with Crippen molar-refractivity contribution >= 4 is 52.5 Å². The van der Waals surface area contributed by atoms with Crippen LogP contribution in [0.4, 0.5) is 0 Å². The van der Waals surface area contributed by atoms with Crippen molar-refractivity contribution in [3.63, 3.8) is 0 Å². The maximum atomic E-state index is 12.4. The summed E-state index contributed by atoms with van der Waals surface area (Å²) in [7, 11) is 0. The van der Waals surface area contributed by atoms with E-state index in [1.165, 1.54) is 0 Å². The van der Waals surface area contributed by atoms with E-state index in [-0.39, 0.29) is 24.4 Å². The first-order chi connectivity index (χ1) is 8.52.